The lowest BCUT2D eigenvalue weighted by atomic mass is 10.1. The molecule has 0 aromatic heterocycles. The maximum atomic E-state index is 13.1. The molecule has 0 aliphatic carbocycles. The molecular weight excluding hydrogens is 392 g/mol. The molecule has 29 heavy (non-hydrogen) atoms. The van der Waals surface area contributed by atoms with E-state index < -0.39 is 6.04 Å². The average Bonchev–Trinajstić information content (AvgIpc) is 2.72. The van der Waals surface area contributed by atoms with Crippen molar-refractivity contribution in [2.45, 2.75) is 32.9 Å². The predicted molar refractivity (Wildman–Crippen MR) is 113 cm³/mol. The number of amides is 2. The van der Waals surface area contributed by atoms with Crippen molar-refractivity contribution < 1.29 is 19.1 Å². The van der Waals surface area contributed by atoms with Crippen LogP contribution in [-0.2, 0) is 22.6 Å². The number of carbonyl (C=O) groups is 2. The van der Waals surface area contributed by atoms with Gasteiger partial charge >= 0.3 is 0 Å². The van der Waals surface area contributed by atoms with Crippen LogP contribution in [0.5, 0.6) is 11.5 Å². The minimum atomic E-state index is -0.613. The van der Waals surface area contributed by atoms with Gasteiger partial charge in [-0.2, -0.15) is 0 Å². The molecule has 0 radical (unpaired) electrons. The zero-order valence-electron chi connectivity index (χ0n) is 17.2. The molecule has 0 aliphatic heterocycles. The Balaban J connectivity index is 2.25. The van der Waals surface area contributed by atoms with Gasteiger partial charge in [-0.1, -0.05) is 29.8 Å². The second-order valence-electron chi connectivity index (χ2n) is 6.58. The number of methoxy groups -OCH3 is 2. The van der Waals surface area contributed by atoms with Crippen molar-refractivity contribution in [3.05, 3.63) is 58.6 Å². The lowest BCUT2D eigenvalue weighted by Gasteiger charge is -2.29. The molecule has 7 heteroatoms. The van der Waals surface area contributed by atoms with Gasteiger partial charge in [-0.15, -0.1) is 0 Å². The van der Waals surface area contributed by atoms with E-state index in [0.717, 1.165) is 11.1 Å². The van der Waals surface area contributed by atoms with Crippen LogP contribution < -0.4 is 14.8 Å². The minimum Gasteiger partial charge on any atom is -0.493 e. The highest BCUT2D eigenvalue weighted by atomic mass is 35.5. The monoisotopic (exact) mass is 418 g/mol. The fourth-order valence-electron chi connectivity index (χ4n) is 2.96. The van der Waals surface area contributed by atoms with E-state index in [2.05, 4.69) is 5.32 Å². The molecule has 2 amide bonds. The average molecular weight is 419 g/mol. The first kappa shape index (κ1) is 22.6. The number of ether oxygens (including phenoxy) is 2. The molecule has 1 atom stereocenters. The summed E-state index contributed by atoms with van der Waals surface area (Å²) in [4.78, 5) is 27.1. The Labute approximate surface area is 176 Å². The predicted octanol–water partition coefficient (Wildman–Crippen LogP) is 3.45. The van der Waals surface area contributed by atoms with Crippen LogP contribution in [-0.4, -0.2) is 43.5 Å². The number of hydrogen-bond donors (Lipinski definition) is 1. The number of likely N-dealkylation sites (N-methyl/N-ethyl adjacent to an activating group) is 1. The van der Waals surface area contributed by atoms with Gasteiger partial charge in [0.1, 0.15) is 6.04 Å². The van der Waals surface area contributed by atoms with E-state index in [1.165, 1.54) is 0 Å². The summed E-state index contributed by atoms with van der Waals surface area (Å²) < 4.78 is 10.6. The third-order valence-corrected chi connectivity index (χ3v) is 4.84. The van der Waals surface area contributed by atoms with Crippen molar-refractivity contribution in [1.82, 2.24) is 10.2 Å². The molecule has 0 bridgehead atoms. The molecule has 2 aromatic rings. The molecule has 0 unspecified atom stereocenters. The fraction of sp³-hybridized carbons (Fsp3) is 0.364. The summed E-state index contributed by atoms with van der Waals surface area (Å²) in [6.07, 6.45) is 0.137. The first-order valence-electron chi connectivity index (χ1n) is 9.42. The second kappa shape index (κ2) is 10.7. The van der Waals surface area contributed by atoms with Crippen molar-refractivity contribution in [3.8, 4) is 11.5 Å². The highest BCUT2D eigenvalue weighted by Gasteiger charge is 2.26. The van der Waals surface area contributed by atoms with Gasteiger partial charge in [0.15, 0.2) is 11.5 Å². The number of benzene rings is 2. The van der Waals surface area contributed by atoms with E-state index >= 15 is 0 Å². The van der Waals surface area contributed by atoms with Gasteiger partial charge in [0.2, 0.25) is 11.8 Å². The van der Waals surface area contributed by atoms with Crippen LogP contribution in [0.4, 0.5) is 0 Å². The summed E-state index contributed by atoms with van der Waals surface area (Å²) in [6.45, 7) is 4.39. The van der Waals surface area contributed by atoms with E-state index in [4.69, 9.17) is 21.1 Å². The van der Waals surface area contributed by atoms with Crippen molar-refractivity contribution in [2.75, 3.05) is 20.8 Å². The van der Waals surface area contributed by atoms with E-state index in [1.54, 1.807) is 50.3 Å². The maximum Gasteiger partial charge on any atom is 0.242 e. The topological polar surface area (TPSA) is 67.9 Å². The van der Waals surface area contributed by atoms with E-state index in [-0.39, 0.29) is 18.2 Å². The smallest absolute Gasteiger partial charge is 0.242 e. The van der Waals surface area contributed by atoms with E-state index in [9.17, 15) is 9.59 Å². The summed E-state index contributed by atoms with van der Waals surface area (Å²) in [6, 6.07) is 12.0. The van der Waals surface area contributed by atoms with E-state index in [1.807, 2.05) is 25.1 Å². The van der Waals surface area contributed by atoms with Crippen molar-refractivity contribution >= 4 is 23.4 Å². The Kier molecular flexibility index (Phi) is 8.34. The van der Waals surface area contributed by atoms with Gasteiger partial charge in [-0.25, -0.2) is 0 Å². The third kappa shape index (κ3) is 6.12. The van der Waals surface area contributed by atoms with Crippen LogP contribution in [0.2, 0.25) is 5.02 Å². The van der Waals surface area contributed by atoms with Crippen LogP contribution in [0.3, 0.4) is 0 Å². The van der Waals surface area contributed by atoms with Crippen LogP contribution in [0, 0.1) is 0 Å². The third-order valence-electron chi connectivity index (χ3n) is 4.59. The zero-order chi connectivity index (χ0) is 21.4. The van der Waals surface area contributed by atoms with Crippen molar-refractivity contribution in [1.29, 1.82) is 0 Å². The molecule has 1 N–H and O–H groups in total. The maximum absolute atomic E-state index is 13.1. The summed E-state index contributed by atoms with van der Waals surface area (Å²) in [7, 11) is 3.11. The Hall–Kier alpha value is -2.73. The molecule has 0 saturated heterocycles. The number of nitrogens with one attached hydrogen (secondary N) is 1. The zero-order valence-corrected chi connectivity index (χ0v) is 18.0. The standard InChI is InChI=1S/C22H27ClN2O4/c1-5-24-22(27)15(2)25(14-16-6-9-18(23)10-7-16)21(26)13-17-8-11-19(28-3)20(12-17)29-4/h6-12,15H,5,13-14H2,1-4H3,(H,24,27)/t15-/m1/s1. The number of halogens is 1. The summed E-state index contributed by atoms with van der Waals surface area (Å²) >= 11 is 5.96. The molecular formula is C22H27ClN2O4. The van der Waals surface area contributed by atoms with Crippen LogP contribution in [0.15, 0.2) is 42.5 Å². The summed E-state index contributed by atoms with van der Waals surface area (Å²) in [5.41, 5.74) is 1.67. The van der Waals surface area contributed by atoms with Crippen LogP contribution in [0.1, 0.15) is 25.0 Å². The Morgan fingerprint density at radius 3 is 2.24 bits per heavy atom. The first-order chi connectivity index (χ1) is 13.9. The molecule has 0 fully saturated rings. The lowest BCUT2D eigenvalue weighted by molar-refractivity contribution is -0.140. The van der Waals surface area contributed by atoms with Crippen molar-refractivity contribution in [2.24, 2.45) is 0 Å². The number of rotatable bonds is 9. The Morgan fingerprint density at radius 1 is 1.03 bits per heavy atom. The van der Waals surface area contributed by atoms with Gasteiger partial charge in [0.25, 0.3) is 0 Å². The SMILES string of the molecule is CCNC(=O)[C@@H](C)N(Cc1ccc(Cl)cc1)C(=O)Cc1ccc(OC)c(OC)c1. The molecule has 2 aromatic carbocycles. The highest BCUT2D eigenvalue weighted by Crippen LogP contribution is 2.28. The normalized spacial score (nSPS) is 11.5. The number of carbonyl (C=O) groups excluding carboxylic acids is 2. The van der Waals surface area contributed by atoms with E-state index in [0.29, 0.717) is 29.6 Å². The summed E-state index contributed by atoms with van der Waals surface area (Å²) in [5, 5.41) is 3.40. The Bertz CT molecular complexity index is 839. The van der Waals surface area contributed by atoms with Crippen LogP contribution in [0.25, 0.3) is 0 Å². The largest absolute Gasteiger partial charge is 0.493 e. The van der Waals surface area contributed by atoms with Gasteiger partial charge in [0.05, 0.1) is 20.6 Å². The highest BCUT2D eigenvalue weighted by molar-refractivity contribution is 6.30. The number of hydrogen-bond acceptors (Lipinski definition) is 4. The fourth-order valence-corrected chi connectivity index (χ4v) is 3.08. The van der Waals surface area contributed by atoms with Gasteiger partial charge in [0, 0.05) is 18.1 Å². The molecule has 0 saturated carbocycles. The van der Waals surface area contributed by atoms with Gasteiger partial charge in [-0.05, 0) is 49.2 Å². The van der Waals surface area contributed by atoms with Crippen molar-refractivity contribution in [3.63, 3.8) is 0 Å². The van der Waals surface area contributed by atoms with Gasteiger partial charge < -0.3 is 19.7 Å². The number of nitrogens with zero attached hydrogens (tertiary/aromatic N) is 1. The first-order valence-corrected chi connectivity index (χ1v) is 9.79. The second-order valence-corrected chi connectivity index (χ2v) is 7.02. The Morgan fingerprint density at radius 2 is 1.66 bits per heavy atom. The quantitative estimate of drug-likeness (QED) is 0.677. The molecule has 0 spiro atoms. The molecule has 2 rings (SSSR count). The molecule has 6 nitrogen and oxygen atoms in total. The molecule has 0 heterocycles. The molecule has 156 valence electrons. The minimum absolute atomic E-state index is 0.137. The summed E-state index contributed by atoms with van der Waals surface area (Å²) in [5.74, 6) is 0.796. The van der Waals surface area contributed by atoms with Gasteiger partial charge in [-0.3, -0.25) is 9.59 Å². The van der Waals surface area contributed by atoms with Crippen LogP contribution >= 0.6 is 11.6 Å². The molecule has 0 aliphatic rings. The lowest BCUT2D eigenvalue weighted by Crippen LogP contribution is -2.48.